The zero-order chi connectivity index (χ0) is 16.2. The first kappa shape index (κ1) is 18.2. The van der Waals surface area contributed by atoms with Crippen LogP contribution in [-0.2, 0) is 14.8 Å². The molecule has 0 saturated carbocycles. The van der Waals surface area contributed by atoms with Crippen LogP contribution in [0.4, 0.5) is 0 Å². The third-order valence-electron chi connectivity index (χ3n) is 3.19. The molecule has 0 spiro atoms. The van der Waals surface area contributed by atoms with Gasteiger partial charge in [0.2, 0.25) is 10.0 Å². The standard InChI is InChI=1S/C13H17Cl2NO4S/c1-9(11-6-5-10(14)8-12(11)15)16(2)21(19,20)7-3-4-13(17)18/h5-6,8-9H,3-4,7H2,1-2H3,(H,17,18). The number of hydrogen-bond donors (Lipinski definition) is 1. The minimum Gasteiger partial charge on any atom is -0.481 e. The maximum atomic E-state index is 12.2. The van der Waals surface area contributed by atoms with Gasteiger partial charge < -0.3 is 5.11 Å². The number of hydrogen-bond acceptors (Lipinski definition) is 3. The van der Waals surface area contributed by atoms with Crippen LogP contribution in [0.3, 0.4) is 0 Å². The highest BCUT2D eigenvalue weighted by molar-refractivity contribution is 7.89. The summed E-state index contributed by atoms with van der Waals surface area (Å²) in [5.41, 5.74) is 0.644. The Hall–Kier alpha value is -0.820. The Labute approximate surface area is 134 Å². The molecule has 0 aliphatic heterocycles. The van der Waals surface area contributed by atoms with Gasteiger partial charge in [-0.15, -0.1) is 0 Å². The number of halogens is 2. The van der Waals surface area contributed by atoms with Gasteiger partial charge >= 0.3 is 5.97 Å². The maximum Gasteiger partial charge on any atom is 0.303 e. The van der Waals surface area contributed by atoms with Crippen molar-refractivity contribution in [3.05, 3.63) is 33.8 Å². The number of rotatable bonds is 7. The van der Waals surface area contributed by atoms with Crippen LogP contribution < -0.4 is 0 Å². The van der Waals surface area contributed by atoms with E-state index >= 15 is 0 Å². The third kappa shape index (κ3) is 5.14. The van der Waals surface area contributed by atoms with Gasteiger partial charge in [0.15, 0.2) is 0 Å². The highest BCUT2D eigenvalue weighted by Gasteiger charge is 2.25. The molecule has 1 rings (SSSR count). The monoisotopic (exact) mass is 353 g/mol. The summed E-state index contributed by atoms with van der Waals surface area (Å²) in [5, 5.41) is 9.43. The molecular formula is C13H17Cl2NO4S. The Morgan fingerprint density at radius 3 is 2.52 bits per heavy atom. The lowest BCUT2D eigenvalue weighted by Gasteiger charge is -2.25. The smallest absolute Gasteiger partial charge is 0.303 e. The molecule has 0 radical (unpaired) electrons. The summed E-state index contributed by atoms with van der Waals surface area (Å²) in [4.78, 5) is 10.4. The molecule has 5 nitrogen and oxygen atoms in total. The minimum absolute atomic E-state index is 0.0725. The molecule has 0 saturated heterocycles. The van der Waals surface area contributed by atoms with Crippen molar-refractivity contribution < 1.29 is 18.3 Å². The van der Waals surface area contributed by atoms with Crippen molar-refractivity contribution in [3.8, 4) is 0 Å². The molecule has 0 amide bonds. The summed E-state index contributed by atoms with van der Waals surface area (Å²) >= 11 is 11.9. The largest absolute Gasteiger partial charge is 0.481 e. The van der Waals surface area contributed by atoms with Gasteiger partial charge in [0.25, 0.3) is 0 Å². The lowest BCUT2D eigenvalue weighted by atomic mass is 10.1. The fraction of sp³-hybridized carbons (Fsp3) is 0.462. The van der Waals surface area contributed by atoms with Gasteiger partial charge in [-0.05, 0) is 31.0 Å². The Balaban J connectivity index is 2.85. The summed E-state index contributed by atoms with van der Waals surface area (Å²) in [6, 6.07) is 4.41. The Morgan fingerprint density at radius 2 is 2.00 bits per heavy atom. The van der Waals surface area contributed by atoms with Gasteiger partial charge in [0.05, 0.1) is 5.75 Å². The SMILES string of the molecule is CC(c1ccc(Cl)cc1Cl)N(C)S(=O)(=O)CCCC(=O)O. The highest BCUT2D eigenvalue weighted by atomic mass is 35.5. The molecule has 0 bridgehead atoms. The fourth-order valence-corrected chi connectivity index (χ4v) is 3.79. The Morgan fingerprint density at radius 1 is 1.38 bits per heavy atom. The average molecular weight is 354 g/mol. The number of benzene rings is 1. The van der Waals surface area contributed by atoms with Crippen LogP contribution in [0, 0.1) is 0 Å². The van der Waals surface area contributed by atoms with E-state index < -0.39 is 22.0 Å². The molecule has 1 aromatic carbocycles. The van der Waals surface area contributed by atoms with Gasteiger partial charge in [-0.3, -0.25) is 4.79 Å². The topological polar surface area (TPSA) is 74.7 Å². The van der Waals surface area contributed by atoms with Crippen molar-refractivity contribution >= 4 is 39.2 Å². The number of nitrogens with zero attached hydrogens (tertiary/aromatic N) is 1. The molecule has 0 fully saturated rings. The molecule has 0 aliphatic carbocycles. The van der Waals surface area contributed by atoms with E-state index in [1.165, 1.54) is 11.4 Å². The van der Waals surface area contributed by atoms with E-state index in [4.69, 9.17) is 28.3 Å². The van der Waals surface area contributed by atoms with Gasteiger partial charge in [-0.1, -0.05) is 29.3 Å². The zero-order valence-corrected chi connectivity index (χ0v) is 14.0. The molecule has 0 aromatic heterocycles. The van der Waals surface area contributed by atoms with Crippen molar-refractivity contribution in [3.63, 3.8) is 0 Å². The number of aliphatic carboxylic acids is 1. The molecule has 118 valence electrons. The minimum atomic E-state index is -3.55. The third-order valence-corrected chi connectivity index (χ3v) is 5.75. The summed E-state index contributed by atoms with van der Waals surface area (Å²) in [7, 11) is -2.10. The lowest BCUT2D eigenvalue weighted by molar-refractivity contribution is -0.137. The lowest BCUT2D eigenvalue weighted by Crippen LogP contribution is -2.32. The van der Waals surface area contributed by atoms with E-state index in [2.05, 4.69) is 0 Å². The Bertz CT molecular complexity index is 619. The van der Waals surface area contributed by atoms with E-state index in [0.717, 1.165) is 0 Å². The molecule has 21 heavy (non-hydrogen) atoms. The van der Waals surface area contributed by atoms with Crippen LogP contribution in [0.15, 0.2) is 18.2 Å². The number of sulfonamides is 1. The second kappa shape index (κ2) is 7.45. The predicted octanol–water partition coefficient (Wildman–Crippen LogP) is 3.18. The second-order valence-corrected chi connectivity index (χ2v) is 7.66. The van der Waals surface area contributed by atoms with E-state index in [9.17, 15) is 13.2 Å². The molecule has 1 aromatic rings. The number of carboxylic acids is 1. The molecule has 1 unspecified atom stereocenters. The van der Waals surface area contributed by atoms with Gasteiger partial charge in [0.1, 0.15) is 0 Å². The first-order valence-electron chi connectivity index (χ1n) is 6.27. The van der Waals surface area contributed by atoms with Crippen molar-refractivity contribution in [1.82, 2.24) is 4.31 Å². The van der Waals surface area contributed by atoms with Gasteiger partial charge in [0, 0.05) is 29.6 Å². The van der Waals surface area contributed by atoms with Crippen molar-refractivity contribution in [2.24, 2.45) is 0 Å². The van der Waals surface area contributed by atoms with Crippen molar-refractivity contribution in [2.75, 3.05) is 12.8 Å². The zero-order valence-electron chi connectivity index (χ0n) is 11.7. The first-order valence-corrected chi connectivity index (χ1v) is 8.64. The first-order chi connectivity index (χ1) is 9.65. The van der Waals surface area contributed by atoms with E-state index in [0.29, 0.717) is 15.6 Å². The molecule has 0 heterocycles. The summed E-state index contributed by atoms with van der Waals surface area (Å²) in [6.45, 7) is 1.71. The van der Waals surface area contributed by atoms with E-state index in [-0.39, 0.29) is 18.6 Å². The van der Waals surface area contributed by atoms with Crippen LogP contribution in [0.5, 0.6) is 0 Å². The van der Waals surface area contributed by atoms with Crippen LogP contribution in [-0.4, -0.2) is 36.6 Å². The Kier molecular flexibility index (Phi) is 6.46. The highest BCUT2D eigenvalue weighted by Crippen LogP contribution is 2.30. The molecule has 0 aliphatic rings. The van der Waals surface area contributed by atoms with Gasteiger partial charge in [-0.2, -0.15) is 4.31 Å². The normalized spacial score (nSPS) is 13.4. The fourth-order valence-electron chi connectivity index (χ4n) is 1.83. The van der Waals surface area contributed by atoms with Crippen LogP contribution in [0.1, 0.15) is 31.4 Å². The number of carbonyl (C=O) groups is 1. The van der Waals surface area contributed by atoms with Gasteiger partial charge in [-0.25, -0.2) is 8.42 Å². The molecular weight excluding hydrogens is 337 g/mol. The van der Waals surface area contributed by atoms with Crippen molar-refractivity contribution in [2.45, 2.75) is 25.8 Å². The summed E-state index contributed by atoms with van der Waals surface area (Å²) in [5.74, 6) is -1.23. The average Bonchev–Trinajstić information content (AvgIpc) is 2.36. The van der Waals surface area contributed by atoms with Crippen LogP contribution >= 0.6 is 23.2 Å². The second-order valence-electron chi connectivity index (χ2n) is 4.67. The van der Waals surface area contributed by atoms with E-state index in [1.54, 1.807) is 25.1 Å². The van der Waals surface area contributed by atoms with Crippen LogP contribution in [0.25, 0.3) is 0 Å². The van der Waals surface area contributed by atoms with Crippen molar-refractivity contribution in [1.29, 1.82) is 0 Å². The molecule has 1 atom stereocenters. The predicted molar refractivity (Wildman–Crippen MR) is 83.3 cm³/mol. The number of carboxylic acid groups (broad SMARTS) is 1. The maximum absolute atomic E-state index is 12.2. The molecule has 8 heteroatoms. The quantitative estimate of drug-likeness (QED) is 0.816. The summed E-state index contributed by atoms with van der Waals surface area (Å²) < 4.78 is 25.5. The van der Waals surface area contributed by atoms with Crippen LogP contribution in [0.2, 0.25) is 10.0 Å². The molecule has 1 N–H and O–H groups in total. The summed E-state index contributed by atoms with van der Waals surface area (Å²) in [6.07, 6.45) is -0.105. The van der Waals surface area contributed by atoms with E-state index in [1.807, 2.05) is 0 Å².